The van der Waals surface area contributed by atoms with Crippen molar-refractivity contribution in [2.24, 2.45) is 11.8 Å². The second-order valence-corrected chi connectivity index (χ2v) is 5.32. The number of benzene rings is 1. The van der Waals surface area contributed by atoms with E-state index in [4.69, 9.17) is 4.74 Å². The van der Waals surface area contributed by atoms with Gasteiger partial charge in [-0.05, 0) is 29.9 Å². The van der Waals surface area contributed by atoms with Gasteiger partial charge in [-0.1, -0.05) is 25.1 Å². The summed E-state index contributed by atoms with van der Waals surface area (Å²) >= 11 is 0. The zero-order valence-corrected chi connectivity index (χ0v) is 11.4. The molecule has 1 aliphatic rings. The van der Waals surface area contributed by atoms with Crippen molar-refractivity contribution in [3.8, 4) is 0 Å². The Hall–Kier alpha value is -2.17. The number of hydrogen-bond donors (Lipinski definition) is 0. The highest BCUT2D eigenvalue weighted by atomic mass is 16.5. The molecule has 0 amide bonds. The quantitative estimate of drug-likeness (QED) is 0.782. The molecule has 1 fully saturated rings. The van der Waals surface area contributed by atoms with Crippen LogP contribution in [0.5, 0.6) is 0 Å². The lowest BCUT2D eigenvalue weighted by Gasteiger charge is -2.09. The molecule has 1 aliphatic carbocycles. The maximum absolute atomic E-state index is 12.2. The molecule has 104 valence electrons. The van der Waals surface area contributed by atoms with Crippen LogP contribution in [0.4, 0.5) is 0 Å². The number of carbonyl (C=O) groups is 1. The molecule has 20 heavy (non-hydrogen) atoms. The SMILES string of the molecule is C[C@@H]1C[C@@H]1COC(=O)c1ccccc1Cn1cncn1. The van der Waals surface area contributed by atoms with E-state index in [1.807, 2.05) is 18.2 Å². The molecule has 0 bridgehead atoms. The van der Waals surface area contributed by atoms with E-state index in [0.717, 1.165) is 12.0 Å². The minimum atomic E-state index is -0.250. The summed E-state index contributed by atoms with van der Waals surface area (Å²) in [6, 6.07) is 7.47. The van der Waals surface area contributed by atoms with Crippen LogP contribution >= 0.6 is 0 Å². The van der Waals surface area contributed by atoms with Crippen LogP contribution in [0.15, 0.2) is 36.9 Å². The Balaban J connectivity index is 1.69. The fourth-order valence-electron chi connectivity index (χ4n) is 2.24. The molecule has 0 N–H and O–H groups in total. The summed E-state index contributed by atoms with van der Waals surface area (Å²) in [5.41, 5.74) is 1.50. The van der Waals surface area contributed by atoms with Crippen molar-refractivity contribution in [3.05, 3.63) is 48.0 Å². The van der Waals surface area contributed by atoms with Crippen molar-refractivity contribution in [2.45, 2.75) is 19.9 Å². The van der Waals surface area contributed by atoms with E-state index in [1.54, 1.807) is 17.1 Å². The van der Waals surface area contributed by atoms with Crippen LogP contribution in [0.1, 0.15) is 29.3 Å². The van der Waals surface area contributed by atoms with Crippen molar-refractivity contribution in [2.75, 3.05) is 6.61 Å². The number of ether oxygens (including phenoxy) is 1. The van der Waals surface area contributed by atoms with Gasteiger partial charge in [0, 0.05) is 0 Å². The van der Waals surface area contributed by atoms with Gasteiger partial charge in [0.25, 0.3) is 0 Å². The van der Waals surface area contributed by atoms with E-state index in [1.165, 1.54) is 6.33 Å². The number of carbonyl (C=O) groups excluding carboxylic acids is 1. The molecular formula is C15H17N3O2. The Labute approximate surface area is 117 Å². The van der Waals surface area contributed by atoms with Crippen molar-refractivity contribution < 1.29 is 9.53 Å². The molecule has 3 rings (SSSR count). The van der Waals surface area contributed by atoms with E-state index < -0.39 is 0 Å². The molecule has 2 aromatic rings. The average molecular weight is 271 g/mol. The van der Waals surface area contributed by atoms with Gasteiger partial charge in [0.1, 0.15) is 12.7 Å². The van der Waals surface area contributed by atoms with Gasteiger partial charge in [-0.15, -0.1) is 0 Å². The summed E-state index contributed by atoms with van der Waals surface area (Å²) in [6.45, 7) is 3.22. The summed E-state index contributed by atoms with van der Waals surface area (Å²) in [7, 11) is 0. The molecule has 1 aromatic carbocycles. The highest BCUT2D eigenvalue weighted by Gasteiger charge is 2.33. The first-order chi connectivity index (χ1) is 9.74. The second-order valence-electron chi connectivity index (χ2n) is 5.32. The molecule has 2 atom stereocenters. The van der Waals surface area contributed by atoms with Gasteiger partial charge in [-0.2, -0.15) is 5.10 Å². The Morgan fingerprint density at radius 2 is 2.25 bits per heavy atom. The van der Waals surface area contributed by atoms with E-state index in [-0.39, 0.29) is 5.97 Å². The molecule has 1 heterocycles. The number of rotatable bonds is 5. The lowest BCUT2D eigenvalue weighted by molar-refractivity contribution is 0.0480. The summed E-state index contributed by atoms with van der Waals surface area (Å²) in [5, 5.41) is 4.06. The number of aromatic nitrogens is 3. The minimum absolute atomic E-state index is 0.250. The predicted octanol–water partition coefficient (Wildman–Crippen LogP) is 2.14. The first-order valence-electron chi connectivity index (χ1n) is 6.81. The molecule has 0 spiro atoms. The summed E-state index contributed by atoms with van der Waals surface area (Å²) < 4.78 is 7.09. The number of hydrogen-bond acceptors (Lipinski definition) is 4. The van der Waals surface area contributed by atoms with E-state index in [9.17, 15) is 4.79 Å². The zero-order valence-electron chi connectivity index (χ0n) is 11.4. The van der Waals surface area contributed by atoms with E-state index in [2.05, 4.69) is 17.0 Å². The topological polar surface area (TPSA) is 57.0 Å². The molecule has 1 aromatic heterocycles. The van der Waals surface area contributed by atoms with Crippen LogP contribution in [0, 0.1) is 11.8 Å². The maximum Gasteiger partial charge on any atom is 0.338 e. The Kier molecular flexibility index (Phi) is 3.50. The fraction of sp³-hybridized carbons (Fsp3) is 0.400. The van der Waals surface area contributed by atoms with Crippen molar-refractivity contribution in [1.82, 2.24) is 14.8 Å². The van der Waals surface area contributed by atoms with Crippen LogP contribution < -0.4 is 0 Å². The van der Waals surface area contributed by atoms with Crippen LogP contribution in [0.3, 0.4) is 0 Å². The monoisotopic (exact) mass is 271 g/mol. The summed E-state index contributed by atoms with van der Waals surface area (Å²) in [4.78, 5) is 16.1. The molecule has 0 saturated heterocycles. The van der Waals surface area contributed by atoms with Crippen molar-refractivity contribution in [3.63, 3.8) is 0 Å². The third-order valence-electron chi connectivity index (χ3n) is 3.74. The van der Waals surface area contributed by atoms with Gasteiger partial charge in [-0.25, -0.2) is 14.5 Å². The predicted molar refractivity (Wildman–Crippen MR) is 73.1 cm³/mol. The highest BCUT2D eigenvalue weighted by Crippen LogP contribution is 2.37. The van der Waals surface area contributed by atoms with Gasteiger partial charge in [0.2, 0.25) is 0 Å². The molecule has 0 radical (unpaired) electrons. The Morgan fingerprint density at radius 3 is 2.95 bits per heavy atom. The van der Waals surface area contributed by atoms with E-state index >= 15 is 0 Å². The molecule has 0 unspecified atom stereocenters. The van der Waals surface area contributed by atoms with Gasteiger partial charge in [0.05, 0.1) is 18.7 Å². The first kappa shape index (κ1) is 12.8. The van der Waals surface area contributed by atoms with Crippen LogP contribution in [0.2, 0.25) is 0 Å². The van der Waals surface area contributed by atoms with Crippen molar-refractivity contribution >= 4 is 5.97 Å². The Morgan fingerprint density at radius 1 is 1.45 bits per heavy atom. The fourth-order valence-corrected chi connectivity index (χ4v) is 2.24. The standard InChI is InChI=1S/C15H17N3O2/c1-11-6-13(11)8-20-15(19)14-5-3-2-4-12(14)7-18-10-16-9-17-18/h2-5,9-11,13H,6-8H2,1H3/t11-,13-/m1/s1. The summed E-state index contributed by atoms with van der Waals surface area (Å²) in [6.07, 6.45) is 4.28. The zero-order chi connectivity index (χ0) is 13.9. The number of nitrogens with zero attached hydrogens (tertiary/aromatic N) is 3. The van der Waals surface area contributed by atoms with Crippen molar-refractivity contribution in [1.29, 1.82) is 0 Å². The minimum Gasteiger partial charge on any atom is -0.462 e. The Bertz CT molecular complexity index is 595. The van der Waals surface area contributed by atoms with Gasteiger partial charge < -0.3 is 4.74 Å². The van der Waals surface area contributed by atoms with Gasteiger partial charge in [0.15, 0.2) is 0 Å². The van der Waals surface area contributed by atoms with Crippen LogP contribution in [-0.4, -0.2) is 27.3 Å². The van der Waals surface area contributed by atoms with Gasteiger partial charge in [-0.3, -0.25) is 0 Å². The third-order valence-corrected chi connectivity index (χ3v) is 3.74. The van der Waals surface area contributed by atoms with Crippen LogP contribution in [-0.2, 0) is 11.3 Å². The number of esters is 1. The lowest BCUT2D eigenvalue weighted by atomic mass is 10.1. The average Bonchev–Trinajstić information content (AvgIpc) is 2.93. The molecular weight excluding hydrogens is 254 g/mol. The smallest absolute Gasteiger partial charge is 0.338 e. The lowest BCUT2D eigenvalue weighted by Crippen LogP contribution is -2.12. The largest absolute Gasteiger partial charge is 0.462 e. The third kappa shape index (κ3) is 2.87. The maximum atomic E-state index is 12.2. The van der Waals surface area contributed by atoms with E-state index in [0.29, 0.717) is 30.6 Å². The summed E-state index contributed by atoms with van der Waals surface area (Å²) in [5.74, 6) is 0.981. The molecule has 0 aliphatic heterocycles. The highest BCUT2D eigenvalue weighted by molar-refractivity contribution is 5.91. The van der Waals surface area contributed by atoms with Crippen LogP contribution in [0.25, 0.3) is 0 Å². The molecule has 1 saturated carbocycles. The van der Waals surface area contributed by atoms with Gasteiger partial charge >= 0.3 is 5.97 Å². The normalized spacial score (nSPS) is 20.6. The second kappa shape index (κ2) is 5.45. The first-order valence-corrected chi connectivity index (χ1v) is 6.81. The molecule has 5 heteroatoms. The molecule has 5 nitrogen and oxygen atoms in total.